The first-order chi connectivity index (χ1) is 7.63. The molecule has 5 heteroatoms. The lowest BCUT2D eigenvalue weighted by molar-refractivity contribution is 0.357. The zero-order valence-electron chi connectivity index (χ0n) is 9.34. The Morgan fingerprint density at radius 1 is 1.25 bits per heavy atom. The lowest BCUT2D eigenvalue weighted by Crippen LogP contribution is -2.30. The van der Waals surface area contributed by atoms with Crippen molar-refractivity contribution in [2.24, 2.45) is 5.73 Å². The van der Waals surface area contributed by atoms with Gasteiger partial charge >= 0.3 is 0 Å². The fourth-order valence-electron chi connectivity index (χ4n) is 1.33. The van der Waals surface area contributed by atoms with Crippen LogP contribution in [0.5, 0.6) is 0 Å². The molecule has 0 aliphatic heterocycles. The minimum Gasteiger partial charge on any atom is -0.384 e. The van der Waals surface area contributed by atoms with Crippen LogP contribution in [-0.4, -0.2) is 38.1 Å². The first kappa shape index (κ1) is 13.6. The van der Waals surface area contributed by atoms with Gasteiger partial charge in [0.2, 0.25) is 0 Å². The number of benzene rings is 1. The quantitative estimate of drug-likeness (QED) is 0.826. The van der Waals surface area contributed by atoms with Crippen molar-refractivity contribution in [3.63, 3.8) is 0 Å². The van der Waals surface area contributed by atoms with Crippen LogP contribution in [0, 0.1) is 0 Å². The third-order valence-corrected chi connectivity index (χ3v) is 2.99. The van der Waals surface area contributed by atoms with E-state index in [2.05, 4.69) is 10.2 Å². The highest BCUT2D eigenvalue weighted by atomic mass is 35.5. The number of nitrogens with two attached hydrogens (primary N) is 1. The Hall–Kier alpha value is -0.480. The van der Waals surface area contributed by atoms with Crippen molar-refractivity contribution in [1.29, 1.82) is 0 Å². The summed E-state index contributed by atoms with van der Waals surface area (Å²) in [6, 6.07) is 5.53. The van der Waals surface area contributed by atoms with Gasteiger partial charge in [0.25, 0.3) is 0 Å². The summed E-state index contributed by atoms with van der Waals surface area (Å²) in [4.78, 5) is 2.17. The molecule has 1 rings (SSSR count). The molecule has 90 valence electrons. The Bertz CT molecular complexity index is 331. The van der Waals surface area contributed by atoms with E-state index < -0.39 is 0 Å². The van der Waals surface area contributed by atoms with Gasteiger partial charge in [-0.05, 0) is 25.2 Å². The summed E-state index contributed by atoms with van der Waals surface area (Å²) >= 11 is 11.7. The highest BCUT2D eigenvalue weighted by Gasteiger charge is 2.00. The molecule has 0 aliphatic carbocycles. The maximum absolute atomic E-state index is 5.91. The molecule has 3 N–H and O–H groups in total. The second-order valence-electron chi connectivity index (χ2n) is 3.65. The van der Waals surface area contributed by atoms with E-state index in [0.717, 1.165) is 25.3 Å². The van der Waals surface area contributed by atoms with Crippen molar-refractivity contribution in [3.05, 3.63) is 28.2 Å². The largest absolute Gasteiger partial charge is 0.384 e. The Morgan fingerprint density at radius 3 is 2.62 bits per heavy atom. The SMILES string of the molecule is CN(CCN)CCNc1ccc(Cl)c(Cl)c1. The molecule has 0 spiro atoms. The van der Waals surface area contributed by atoms with Gasteiger partial charge in [-0.1, -0.05) is 23.2 Å². The van der Waals surface area contributed by atoms with E-state index in [4.69, 9.17) is 28.9 Å². The average molecular weight is 262 g/mol. The fraction of sp³-hybridized carbons (Fsp3) is 0.455. The second kappa shape index (κ2) is 6.97. The number of rotatable bonds is 6. The van der Waals surface area contributed by atoms with Gasteiger partial charge in [0.1, 0.15) is 0 Å². The molecule has 0 unspecified atom stereocenters. The van der Waals surface area contributed by atoms with Gasteiger partial charge in [0, 0.05) is 31.9 Å². The van der Waals surface area contributed by atoms with Gasteiger partial charge in [-0.25, -0.2) is 0 Å². The molecule has 0 aliphatic rings. The maximum atomic E-state index is 5.91. The molecular weight excluding hydrogens is 245 g/mol. The van der Waals surface area contributed by atoms with E-state index in [1.54, 1.807) is 6.07 Å². The summed E-state index contributed by atoms with van der Waals surface area (Å²) in [5.74, 6) is 0. The number of hydrogen-bond donors (Lipinski definition) is 2. The first-order valence-electron chi connectivity index (χ1n) is 5.21. The van der Waals surface area contributed by atoms with E-state index in [9.17, 15) is 0 Å². The molecule has 0 atom stereocenters. The molecule has 0 aromatic heterocycles. The second-order valence-corrected chi connectivity index (χ2v) is 4.46. The molecule has 0 saturated carbocycles. The lowest BCUT2D eigenvalue weighted by atomic mass is 10.3. The molecule has 16 heavy (non-hydrogen) atoms. The van der Waals surface area contributed by atoms with Crippen LogP contribution >= 0.6 is 23.2 Å². The lowest BCUT2D eigenvalue weighted by Gasteiger charge is -2.16. The van der Waals surface area contributed by atoms with Crippen LogP contribution in [0.1, 0.15) is 0 Å². The molecule has 0 saturated heterocycles. The number of nitrogens with zero attached hydrogens (tertiary/aromatic N) is 1. The Kier molecular flexibility index (Phi) is 5.91. The molecular formula is C11H17Cl2N3. The van der Waals surface area contributed by atoms with Crippen molar-refractivity contribution in [1.82, 2.24) is 4.90 Å². The van der Waals surface area contributed by atoms with Crippen LogP contribution in [0.3, 0.4) is 0 Å². The van der Waals surface area contributed by atoms with E-state index in [1.165, 1.54) is 0 Å². The van der Waals surface area contributed by atoms with E-state index >= 15 is 0 Å². The monoisotopic (exact) mass is 261 g/mol. The van der Waals surface area contributed by atoms with Crippen molar-refractivity contribution < 1.29 is 0 Å². The molecule has 0 fully saturated rings. The van der Waals surface area contributed by atoms with Crippen molar-refractivity contribution in [3.8, 4) is 0 Å². The third-order valence-electron chi connectivity index (χ3n) is 2.25. The van der Waals surface area contributed by atoms with Gasteiger partial charge in [0.05, 0.1) is 10.0 Å². The zero-order valence-corrected chi connectivity index (χ0v) is 10.9. The van der Waals surface area contributed by atoms with Crippen molar-refractivity contribution >= 4 is 28.9 Å². The molecule has 0 heterocycles. The summed E-state index contributed by atoms with van der Waals surface area (Å²) in [7, 11) is 2.05. The van der Waals surface area contributed by atoms with Crippen LogP contribution < -0.4 is 11.1 Å². The molecule has 3 nitrogen and oxygen atoms in total. The molecule has 1 aromatic rings. The van der Waals surface area contributed by atoms with Crippen LogP contribution in [-0.2, 0) is 0 Å². The van der Waals surface area contributed by atoms with Gasteiger partial charge in [-0.15, -0.1) is 0 Å². The summed E-state index contributed by atoms with van der Waals surface area (Å²) in [5.41, 5.74) is 6.44. The first-order valence-corrected chi connectivity index (χ1v) is 5.96. The summed E-state index contributed by atoms with van der Waals surface area (Å²) in [6.07, 6.45) is 0. The highest BCUT2D eigenvalue weighted by Crippen LogP contribution is 2.24. The van der Waals surface area contributed by atoms with Gasteiger partial charge in [-0.2, -0.15) is 0 Å². The Balaban J connectivity index is 2.34. The average Bonchev–Trinajstić information content (AvgIpc) is 2.24. The minimum absolute atomic E-state index is 0.571. The number of hydrogen-bond acceptors (Lipinski definition) is 3. The van der Waals surface area contributed by atoms with Crippen LogP contribution in [0.2, 0.25) is 10.0 Å². The van der Waals surface area contributed by atoms with E-state index in [-0.39, 0.29) is 0 Å². The summed E-state index contributed by atoms with van der Waals surface area (Å²) in [5, 5.41) is 4.42. The fourth-order valence-corrected chi connectivity index (χ4v) is 1.63. The smallest absolute Gasteiger partial charge is 0.0612 e. The minimum atomic E-state index is 0.571. The summed E-state index contributed by atoms with van der Waals surface area (Å²) in [6.45, 7) is 3.39. The van der Waals surface area contributed by atoms with Crippen LogP contribution in [0.15, 0.2) is 18.2 Å². The number of anilines is 1. The zero-order chi connectivity index (χ0) is 12.0. The predicted molar refractivity (Wildman–Crippen MR) is 71.5 cm³/mol. The van der Waals surface area contributed by atoms with Gasteiger partial charge in [-0.3, -0.25) is 0 Å². The van der Waals surface area contributed by atoms with Crippen molar-refractivity contribution in [2.45, 2.75) is 0 Å². The third kappa shape index (κ3) is 4.58. The Labute approximate surface area is 107 Å². The number of halogens is 2. The topological polar surface area (TPSA) is 41.3 Å². The Morgan fingerprint density at radius 2 is 2.00 bits per heavy atom. The van der Waals surface area contributed by atoms with Crippen LogP contribution in [0.25, 0.3) is 0 Å². The predicted octanol–water partition coefficient (Wildman–Crippen LogP) is 2.30. The molecule has 0 radical (unpaired) electrons. The molecule has 0 amide bonds. The van der Waals surface area contributed by atoms with Crippen LogP contribution in [0.4, 0.5) is 5.69 Å². The highest BCUT2D eigenvalue weighted by molar-refractivity contribution is 6.42. The molecule has 1 aromatic carbocycles. The number of likely N-dealkylation sites (N-methyl/N-ethyl adjacent to an activating group) is 1. The summed E-state index contributed by atoms with van der Waals surface area (Å²) < 4.78 is 0. The van der Waals surface area contributed by atoms with E-state index in [0.29, 0.717) is 16.6 Å². The normalized spacial score (nSPS) is 10.8. The standard InChI is InChI=1S/C11H17Cl2N3/c1-16(6-4-14)7-5-15-9-2-3-10(12)11(13)8-9/h2-3,8,15H,4-7,14H2,1H3. The van der Waals surface area contributed by atoms with E-state index in [1.807, 2.05) is 19.2 Å². The van der Waals surface area contributed by atoms with Gasteiger partial charge in [0.15, 0.2) is 0 Å². The maximum Gasteiger partial charge on any atom is 0.0612 e. The van der Waals surface area contributed by atoms with Gasteiger partial charge < -0.3 is 16.0 Å². The number of nitrogens with one attached hydrogen (secondary N) is 1. The molecule has 0 bridgehead atoms. The van der Waals surface area contributed by atoms with Crippen molar-refractivity contribution in [2.75, 3.05) is 38.5 Å².